The summed E-state index contributed by atoms with van der Waals surface area (Å²) >= 11 is 0. The summed E-state index contributed by atoms with van der Waals surface area (Å²) in [7, 11) is 0. The number of carbonyl (C=O) groups is 1. The van der Waals surface area contributed by atoms with Gasteiger partial charge in [0.15, 0.2) is 0 Å². The number of rotatable bonds is 4. The molecule has 2 rings (SSSR count). The Morgan fingerprint density at radius 3 is 2.40 bits per heavy atom. The average molecular weight is 288 g/mol. The van der Waals surface area contributed by atoms with E-state index in [0.717, 1.165) is 13.1 Å². The number of hydrogen-bond donors (Lipinski definition) is 2. The molecule has 1 aliphatic rings. The van der Waals surface area contributed by atoms with E-state index in [1.54, 1.807) is 0 Å². The first-order valence-corrected chi connectivity index (χ1v) is 6.22. The quantitative estimate of drug-likeness (QED) is 0.894. The lowest BCUT2D eigenvalue weighted by Crippen LogP contribution is -2.48. The third-order valence-electron chi connectivity index (χ3n) is 3.29. The average Bonchev–Trinajstić information content (AvgIpc) is 2.27. The first kappa shape index (κ1) is 14.6. The van der Waals surface area contributed by atoms with E-state index in [9.17, 15) is 18.0 Å². The van der Waals surface area contributed by atoms with Gasteiger partial charge in [-0.2, -0.15) is 0 Å². The topological polar surface area (TPSA) is 50.4 Å². The van der Waals surface area contributed by atoms with Gasteiger partial charge in [-0.05, 0) is 43.3 Å². The second-order valence-corrected chi connectivity index (χ2v) is 4.77. The predicted octanol–water partition coefficient (Wildman–Crippen LogP) is 2.38. The minimum absolute atomic E-state index is 0.137. The summed E-state index contributed by atoms with van der Waals surface area (Å²) < 4.78 is 39.7. The fourth-order valence-corrected chi connectivity index (χ4v) is 1.87. The molecular formula is C13H15F3N2O2. The van der Waals surface area contributed by atoms with Crippen LogP contribution in [0.5, 0.6) is 5.75 Å². The second kappa shape index (κ2) is 5.70. The molecule has 1 heterocycles. The zero-order valence-corrected chi connectivity index (χ0v) is 10.8. The van der Waals surface area contributed by atoms with Gasteiger partial charge in [0.1, 0.15) is 5.75 Å². The minimum atomic E-state index is -4.71. The maximum absolute atomic E-state index is 12.0. The van der Waals surface area contributed by atoms with Gasteiger partial charge in [0.05, 0.1) is 0 Å². The highest BCUT2D eigenvalue weighted by molar-refractivity contribution is 5.92. The van der Waals surface area contributed by atoms with E-state index in [0.29, 0.717) is 11.6 Å². The summed E-state index contributed by atoms with van der Waals surface area (Å²) in [6, 6.07) is 5.09. The summed E-state index contributed by atoms with van der Waals surface area (Å²) in [6.07, 6.45) is -4.71. The highest BCUT2D eigenvalue weighted by atomic mass is 19.4. The standard InChI is InChI=1S/C13H15F3N2O2/c1-8(9-6-17-7-9)12(19)18-10-2-4-11(5-3-10)20-13(14,15)16/h2-5,8-9,17H,6-7H2,1H3,(H,18,19). The molecule has 0 radical (unpaired) electrons. The molecule has 1 amide bonds. The molecule has 2 N–H and O–H groups in total. The largest absolute Gasteiger partial charge is 0.573 e. The molecule has 1 aliphatic heterocycles. The van der Waals surface area contributed by atoms with Crippen molar-refractivity contribution in [2.24, 2.45) is 11.8 Å². The fraction of sp³-hybridized carbons (Fsp3) is 0.462. The van der Waals surface area contributed by atoms with Crippen molar-refractivity contribution in [2.45, 2.75) is 13.3 Å². The molecule has 1 aromatic carbocycles. The number of nitrogens with one attached hydrogen (secondary N) is 2. The molecule has 0 bridgehead atoms. The normalized spacial score (nSPS) is 17.2. The van der Waals surface area contributed by atoms with E-state index in [2.05, 4.69) is 15.4 Å². The van der Waals surface area contributed by atoms with Crippen LogP contribution in [0.4, 0.5) is 18.9 Å². The zero-order chi connectivity index (χ0) is 14.8. The highest BCUT2D eigenvalue weighted by Gasteiger charge is 2.31. The van der Waals surface area contributed by atoms with Crippen LogP contribution in [-0.2, 0) is 4.79 Å². The molecule has 1 unspecified atom stereocenters. The van der Waals surface area contributed by atoms with Gasteiger partial charge in [-0.25, -0.2) is 0 Å². The van der Waals surface area contributed by atoms with E-state index in [4.69, 9.17) is 0 Å². The van der Waals surface area contributed by atoms with Crippen LogP contribution in [-0.4, -0.2) is 25.4 Å². The van der Waals surface area contributed by atoms with E-state index < -0.39 is 6.36 Å². The van der Waals surface area contributed by atoms with E-state index in [1.165, 1.54) is 24.3 Å². The molecule has 110 valence electrons. The lowest BCUT2D eigenvalue weighted by Gasteiger charge is -2.31. The summed E-state index contributed by atoms with van der Waals surface area (Å²) in [6.45, 7) is 3.46. The number of anilines is 1. The Morgan fingerprint density at radius 1 is 1.35 bits per heavy atom. The molecule has 1 aromatic rings. The van der Waals surface area contributed by atoms with Crippen LogP contribution >= 0.6 is 0 Å². The number of ether oxygens (including phenoxy) is 1. The first-order chi connectivity index (χ1) is 9.35. The monoisotopic (exact) mass is 288 g/mol. The second-order valence-electron chi connectivity index (χ2n) is 4.77. The van der Waals surface area contributed by atoms with Gasteiger partial charge in [0, 0.05) is 11.6 Å². The van der Waals surface area contributed by atoms with Crippen LogP contribution in [0.3, 0.4) is 0 Å². The summed E-state index contributed by atoms with van der Waals surface area (Å²) in [5.41, 5.74) is 0.448. The van der Waals surface area contributed by atoms with Crippen molar-refractivity contribution in [3.05, 3.63) is 24.3 Å². The number of hydrogen-bond acceptors (Lipinski definition) is 3. The maximum atomic E-state index is 12.0. The highest BCUT2D eigenvalue weighted by Crippen LogP contribution is 2.24. The van der Waals surface area contributed by atoms with Gasteiger partial charge >= 0.3 is 6.36 Å². The molecular weight excluding hydrogens is 273 g/mol. The Kier molecular flexibility index (Phi) is 4.17. The number of amides is 1. The Hall–Kier alpha value is -1.76. The Morgan fingerprint density at radius 2 is 1.95 bits per heavy atom. The van der Waals surface area contributed by atoms with Crippen molar-refractivity contribution in [3.8, 4) is 5.75 Å². The molecule has 1 fully saturated rings. The van der Waals surface area contributed by atoms with Crippen LogP contribution in [0.2, 0.25) is 0 Å². The predicted molar refractivity (Wildman–Crippen MR) is 67.3 cm³/mol. The third-order valence-corrected chi connectivity index (χ3v) is 3.29. The van der Waals surface area contributed by atoms with Crippen molar-refractivity contribution >= 4 is 11.6 Å². The van der Waals surface area contributed by atoms with Gasteiger partial charge in [0.25, 0.3) is 0 Å². The van der Waals surface area contributed by atoms with E-state index in [1.807, 2.05) is 6.92 Å². The van der Waals surface area contributed by atoms with Gasteiger partial charge in [-0.1, -0.05) is 6.92 Å². The van der Waals surface area contributed by atoms with Crippen LogP contribution in [0.15, 0.2) is 24.3 Å². The fourth-order valence-electron chi connectivity index (χ4n) is 1.87. The molecule has 7 heteroatoms. The Labute approximate surface area is 114 Å². The van der Waals surface area contributed by atoms with Crippen LogP contribution in [0.1, 0.15) is 6.92 Å². The van der Waals surface area contributed by atoms with Crippen LogP contribution in [0.25, 0.3) is 0 Å². The van der Waals surface area contributed by atoms with E-state index in [-0.39, 0.29) is 17.6 Å². The van der Waals surface area contributed by atoms with Gasteiger partial charge in [-0.15, -0.1) is 13.2 Å². The molecule has 1 atom stereocenters. The lowest BCUT2D eigenvalue weighted by atomic mass is 9.88. The lowest BCUT2D eigenvalue weighted by molar-refractivity contribution is -0.274. The molecule has 0 aliphatic carbocycles. The number of halogens is 3. The maximum Gasteiger partial charge on any atom is 0.573 e. The Balaban J connectivity index is 1.91. The van der Waals surface area contributed by atoms with E-state index >= 15 is 0 Å². The first-order valence-electron chi connectivity index (χ1n) is 6.22. The molecule has 0 saturated carbocycles. The van der Waals surface area contributed by atoms with Crippen molar-refractivity contribution in [1.82, 2.24) is 5.32 Å². The molecule has 0 spiro atoms. The zero-order valence-electron chi connectivity index (χ0n) is 10.8. The smallest absolute Gasteiger partial charge is 0.406 e. The molecule has 0 aromatic heterocycles. The molecule has 20 heavy (non-hydrogen) atoms. The Bertz CT molecular complexity index is 469. The van der Waals surface area contributed by atoms with Crippen LogP contribution in [0, 0.1) is 11.8 Å². The summed E-state index contributed by atoms with van der Waals surface area (Å²) in [5, 5.41) is 5.76. The van der Waals surface area contributed by atoms with Crippen molar-refractivity contribution < 1.29 is 22.7 Å². The number of carbonyl (C=O) groups excluding carboxylic acids is 1. The van der Waals surface area contributed by atoms with Crippen molar-refractivity contribution in [2.75, 3.05) is 18.4 Å². The SMILES string of the molecule is CC(C(=O)Nc1ccc(OC(F)(F)F)cc1)C1CNC1. The molecule has 4 nitrogen and oxygen atoms in total. The van der Waals surface area contributed by atoms with Gasteiger partial charge in [-0.3, -0.25) is 4.79 Å². The third kappa shape index (κ3) is 3.86. The summed E-state index contributed by atoms with van der Waals surface area (Å²) in [4.78, 5) is 11.9. The summed E-state index contributed by atoms with van der Waals surface area (Å²) in [5.74, 6) is -0.280. The number of benzene rings is 1. The van der Waals surface area contributed by atoms with Gasteiger partial charge in [0.2, 0.25) is 5.91 Å². The molecule has 1 saturated heterocycles. The van der Waals surface area contributed by atoms with Gasteiger partial charge < -0.3 is 15.4 Å². The minimum Gasteiger partial charge on any atom is -0.406 e. The van der Waals surface area contributed by atoms with Crippen LogP contribution < -0.4 is 15.4 Å². The van der Waals surface area contributed by atoms with Crippen molar-refractivity contribution in [3.63, 3.8) is 0 Å². The number of alkyl halides is 3. The van der Waals surface area contributed by atoms with Crippen molar-refractivity contribution in [1.29, 1.82) is 0 Å².